The molecule has 21 heavy (non-hydrogen) atoms. The minimum atomic E-state index is 0.344. The maximum absolute atomic E-state index is 5.90. The zero-order chi connectivity index (χ0) is 15.7. The molecule has 0 aliphatic rings. The van der Waals surface area contributed by atoms with Crippen molar-refractivity contribution in [2.75, 3.05) is 11.9 Å². The molecule has 2 N–H and O–H groups in total. The molecule has 0 spiro atoms. The Morgan fingerprint density at radius 1 is 1.05 bits per heavy atom. The molecule has 0 saturated carbocycles. The van der Waals surface area contributed by atoms with Crippen molar-refractivity contribution in [3.63, 3.8) is 0 Å². The molecule has 1 heterocycles. The molecule has 0 amide bonds. The number of rotatable bonds is 3. The summed E-state index contributed by atoms with van der Waals surface area (Å²) in [6.45, 7) is 8.03. The second-order valence-corrected chi connectivity index (χ2v) is 5.82. The Labute approximate surface area is 131 Å². The highest BCUT2D eigenvalue weighted by atomic mass is 32.1. The number of hydrogen-bond acceptors (Lipinski definition) is 4. The van der Waals surface area contributed by atoms with Crippen molar-refractivity contribution in [2.45, 2.75) is 27.7 Å². The Hall–Kier alpha value is -2.01. The SMILES string of the molecule is Cc1cc(C)cc(N(C)c2nnc(C)c(C)c2C(N)=S)c1. The summed E-state index contributed by atoms with van der Waals surface area (Å²) in [6.07, 6.45) is 0. The number of nitrogens with two attached hydrogens (primary N) is 1. The van der Waals surface area contributed by atoms with Crippen molar-refractivity contribution in [2.24, 2.45) is 5.73 Å². The number of anilines is 2. The Balaban J connectivity index is 2.60. The van der Waals surface area contributed by atoms with Crippen LogP contribution in [0, 0.1) is 27.7 Å². The van der Waals surface area contributed by atoms with Gasteiger partial charge in [-0.25, -0.2) is 0 Å². The predicted molar refractivity (Wildman–Crippen MR) is 91.4 cm³/mol. The summed E-state index contributed by atoms with van der Waals surface area (Å²) >= 11 is 5.20. The molecule has 0 bridgehead atoms. The molecule has 5 heteroatoms. The second-order valence-electron chi connectivity index (χ2n) is 5.38. The van der Waals surface area contributed by atoms with Crippen molar-refractivity contribution in [1.82, 2.24) is 10.2 Å². The molecule has 0 unspecified atom stereocenters. The van der Waals surface area contributed by atoms with Gasteiger partial charge in [0, 0.05) is 12.7 Å². The lowest BCUT2D eigenvalue weighted by atomic mass is 10.1. The Morgan fingerprint density at radius 2 is 1.62 bits per heavy atom. The van der Waals surface area contributed by atoms with E-state index in [1.807, 2.05) is 25.8 Å². The highest BCUT2D eigenvalue weighted by Gasteiger charge is 2.18. The van der Waals surface area contributed by atoms with E-state index in [1.165, 1.54) is 11.1 Å². The summed E-state index contributed by atoms with van der Waals surface area (Å²) in [5, 5.41) is 8.51. The van der Waals surface area contributed by atoms with Gasteiger partial charge in [0.1, 0.15) is 4.99 Å². The lowest BCUT2D eigenvalue weighted by Gasteiger charge is -2.23. The summed E-state index contributed by atoms with van der Waals surface area (Å²) in [4.78, 5) is 2.32. The van der Waals surface area contributed by atoms with Crippen LogP contribution >= 0.6 is 12.2 Å². The van der Waals surface area contributed by atoms with Crippen LogP contribution in [0.25, 0.3) is 0 Å². The number of aryl methyl sites for hydroxylation is 3. The third-order valence-corrected chi connectivity index (χ3v) is 3.80. The zero-order valence-corrected chi connectivity index (χ0v) is 13.9. The van der Waals surface area contributed by atoms with Crippen molar-refractivity contribution in [1.29, 1.82) is 0 Å². The lowest BCUT2D eigenvalue weighted by Crippen LogP contribution is -2.22. The second kappa shape index (κ2) is 5.77. The molecular weight excluding hydrogens is 280 g/mol. The number of benzene rings is 1. The molecule has 0 fully saturated rings. The van der Waals surface area contributed by atoms with Crippen LogP contribution < -0.4 is 10.6 Å². The van der Waals surface area contributed by atoms with E-state index in [0.717, 1.165) is 22.5 Å². The summed E-state index contributed by atoms with van der Waals surface area (Å²) in [6, 6.07) is 6.35. The lowest BCUT2D eigenvalue weighted by molar-refractivity contribution is 0.931. The van der Waals surface area contributed by atoms with E-state index in [-0.39, 0.29) is 0 Å². The fourth-order valence-electron chi connectivity index (χ4n) is 2.39. The van der Waals surface area contributed by atoms with E-state index in [9.17, 15) is 0 Å². The maximum Gasteiger partial charge on any atom is 0.165 e. The Morgan fingerprint density at radius 3 is 2.14 bits per heavy atom. The zero-order valence-electron chi connectivity index (χ0n) is 13.1. The third-order valence-electron chi connectivity index (χ3n) is 3.59. The van der Waals surface area contributed by atoms with Gasteiger partial charge in [0.15, 0.2) is 5.82 Å². The first-order valence-electron chi connectivity index (χ1n) is 6.77. The average molecular weight is 300 g/mol. The van der Waals surface area contributed by atoms with Crippen LogP contribution in [0.3, 0.4) is 0 Å². The van der Waals surface area contributed by atoms with Gasteiger partial charge in [0.05, 0.1) is 11.3 Å². The molecular formula is C16H20N4S. The fourth-order valence-corrected chi connectivity index (χ4v) is 2.64. The van der Waals surface area contributed by atoms with Gasteiger partial charge >= 0.3 is 0 Å². The van der Waals surface area contributed by atoms with Crippen molar-refractivity contribution in [3.05, 3.63) is 46.1 Å². The summed E-state index contributed by atoms with van der Waals surface area (Å²) in [5.74, 6) is 0.690. The largest absolute Gasteiger partial charge is 0.389 e. The van der Waals surface area contributed by atoms with E-state index in [2.05, 4.69) is 42.2 Å². The van der Waals surface area contributed by atoms with Gasteiger partial charge in [-0.2, -0.15) is 5.10 Å². The van der Waals surface area contributed by atoms with E-state index in [0.29, 0.717) is 10.8 Å². The molecule has 110 valence electrons. The van der Waals surface area contributed by atoms with Crippen LogP contribution in [0.15, 0.2) is 18.2 Å². The number of aromatic nitrogens is 2. The van der Waals surface area contributed by atoms with Gasteiger partial charge in [-0.1, -0.05) is 18.3 Å². The van der Waals surface area contributed by atoms with E-state index >= 15 is 0 Å². The molecule has 0 aliphatic carbocycles. The van der Waals surface area contributed by atoms with Gasteiger partial charge in [0.25, 0.3) is 0 Å². The Kier molecular flexibility index (Phi) is 4.23. The topological polar surface area (TPSA) is 55.0 Å². The highest BCUT2D eigenvalue weighted by molar-refractivity contribution is 7.80. The van der Waals surface area contributed by atoms with Crippen LogP contribution in [-0.4, -0.2) is 22.2 Å². The normalized spacial score (nSPS) is 10.5. The molecule has 1 aromatic heterocycles. The van der Waals surface area contributed by atoms with Gasteiger partial charge in [-0.3, -0.25) is 0 Å². The van der Waals surface area contributed by atoms with Crippen LogP contribution in [0.5, 0.6) is 0 Å². The van der Waals surface area contributed by atoms with Crippen molar-refractivity contribution < 1.29 is 0 Å². The first-order chi connectivity index (χ1) is 9.81. The maximum atomic E-state index is 5.90. The van der Waals surface area contributed by atoms with E-state index in [1.54, 1.807) is 0 Å². The molecule has 2 rings (SSSR count). The van der Waals surface area contributed by atoms with Gasteiger partial charge in [0.2, 0.25) is 0 Å². The minimum absolute atomic E-state index is 0.344. The monoisotopic (exact) mass is 300 g/mol. The van der Waals surface area contributed by atoms with Gasteiger partial charge in [-0.15, -0.1) is 5.10 Å². The van der Waals surface area contributed by atoms with Crippen LogP contribution in [-0.2, 0) is 0 Å². The number of thiocarbonyl (C=S) groups is 1. The third kappa shape index (κ3) is 3.03. The number of hydrogen-bond donors (Lipinski definition) is 1. The number of nitrogens with zero attached hydrogens (tertiary/aromatic N) is 3. The van der Waals surface area contributed by atoms with Crippen LogP contribution in [0.1, 0.15) is 27.9 Å². The summed E-state index contributed by atoms with van der Waals surface area (Å²) < 4.78 is 0. The molecule has 0 aliphatic heterocycles. The first kappa shape index (κ1) is 15.4. The van der Waals surface area contributed by atoms with Crippen molar-refractivity contribution >= 4 is 28.7 Å². The quantitative estimate of drug-likeness (QED) is 0.883. The molecule has 2 aromatic rings. The predicted octanol–water partition coefficient (Wildman–Crippen LogP) is 3.11. The average Bonchev–Trinajstić information content (AvgIpc) is 2.39. The van der Waals surface area contributed by atoms with E-state index in [4.69, 9.17) is 18.0 Å². The molecule has 4 nitrogen and oxygen atoms in total. The molecule has 0 radical (unpaired) electrons. The molecule has 0 saturated heterocycles. The minimum Gasteiger partial charge on any atom is -0.389 e. The van der Waals surface area contributed by atoms with E-state index < -0.39 is 0 Å². The first-order valence-corrected chi connectivity index (χ1v) is 7.17. The van der Waals surface area contributed by atoms with Crippen LogP contribution in [0.2, 0.25) is 0 Å². The van der Waals surface area contributed by atoms with Gasteiger partial charge < -0.3 is 10.6 Å². The molecule has 1 aromatic carbocycles. The molecule has 0 atom stereocenters. The smallest absolute Gasteiger partial charge is 0.165 e. The summed E-state index contributed by atoms with van der Waals surface area (Å²) in [5.41, 5.74) is 11.9. The van der Waals surface area contributed by atoms with Crippen molar-refractivity contribution in [3.8, 4) is 0 Å². The van der Waals surface area contributed by atoms with Gasteiger partial charge in [-0.05, 0) is 56.5 Å². The van der Waals surface area contributed by atoms with Crippen LogP contribution in [0.4, 0.5) is 11.5 Å². The fraction of sp³-hybridized carbons (Fsp3) is 0.312. The Bertz CT molecular complexity index is 689. The summed E-state index contributed by atoms with van der Waals surface area (Å²) in [7, 11) is 1.95. The standard InChI is InChI=1S/C16H20N4S/c1-9-6-10(2)8-13(7-9)20(5)16-14(15(17)21)11(3)12(4)18-19-16/h6-8H,1-5H3,(H2,17,21). The highest BCUT2D eigenvalue weighted by Crippen LogP contribution is 2.28.